The Labute approximate surface area is 116 Å². The molecule has 0 amide bonds. The van der Waals surface area contributed by atoms with Crippen molar-refractivity contribution in [2.24, 2.45) is 0 Å². The number of imidazole rings is 1. The molecule has 0 bridgehead atoms. The van der Waals surface area contributed by atoms with Gasteiger partial charge in [-0.3, -0.25) is 0 Å². The lowest BCUT2D eigenvalue weighted by Crippen LogP contribution is -2.32. The molecule has 1 saturated heterocycles. The number of fused-ring (bicyclic) bond motifs is 1. The zero-order valence-electron chi connectivity index (χ0n) is 10.1. The van der Waals surface area contributed by atoms with Gasteiger partial charge in [-0.2, -0.15) is 11.8 Å². The van der Waals surface area contributed by atoms with Crippen LogP contribution in [0.4, 0.5) is 0 Å². The van der Waals surface area contributed by atoms with E-state index in [0.717, 1.165) is 22.9 Å². The van der Waals surface area contributed by atoms with Crippen LogP contribution < -0.4 is 5.32 Å². The summed E-state index contributed by atoms with van der Waals surface area (Å²) < 4.78 is 1.98. The molecule has 2 aromatic rings. The van der Waals surface area contributed by atoms with Gasteiger partial charge in [-0.05, 0) is 36.5 Å². The van der Waals surface area contributed by atoms with Crippen molar-refractivity contribution in [1.82, 2.24) is 14.7 Å². The first-order valence-corrected chi connectivity index (χ1v) is 7.79. The molecule has 0 atom stereocenters. The van der Waals surface area contributed by atoms with Gasteiger partial charge in [0.15, 0.2) is 0 Å². The van der Waals surface area contributed by atoms with Gasteiger partial charge in [0.05, 0.1) is 10.7 Å². The zero-order chi connectivity index (χ0) is 12.4. The Morgan fingerprint density at radius 3 is 3.00 bits per heavy atom. The Morgan fingerprint density at radius 2 is 2.17 bits per heavy atom. The van der Waals surface area contributed by atoms with Crippen LogP contribution in [0, 0.1) is 0 Å². The number of halogens is 1. The summed E-state index contributed by atoms with van der Waals surface area (Å²) in [6, 6.07) is 4.47. The van der Waals surface area contributed by atoms with Crippen molar-refractivity contribution in [1.29, 1.82) is 0 Å². The van der Waals surface area contributed by atoms with Crippen LogP contribution in [0.1, 0.15) is 18.5 Å². The third kappa shape index (κ3) is 2.82. The van der Waals surface area contributed by atoms with E-state index in [4.69, 9.17) is 11.6 Å². The highest BCUT2D eigenvalue weighted by molar-refractivity contribution is 7.99. The maximum Gasteiger partial charge on any atom is 0.137 e. The molecule has 0 radical (unpaired) electrons. The fourth-order valence-corrected chi connectivity index (χ4v) is 3.53. The van der Waals surface area contributed by atoms with Gasteiger partial charge in [-0.25, -0.2) is 4.98 Å². The van der Waals surface area contributed by atoms with Gasteiger partial charge in [0.1, 0.15) is 5.65 Å². The molecule has 5 heteroatoms. The summed E-state index contributed by atoms with van der Waals surface area (Å²) in [6.07, 6.45) is 6.48. The Morgan fingerprint density at radius 1 is 1.33 bits per heavy atom. The smallest absolute Gasteiger partial charge is 0.137 e. The minimum atomic E-state index is 0.652. The fraction of sp³-hybridized carbons (Fsp3) is 0.462. The van der Waals surface area contributed by atoms with Gasteiger partial charge >= 0.3 is 0 Å². The van der Waals surface area contributed by atoms with E-state index in [0.29, 0.717) is 6.04 Å². The van der Waals surface area contributed by atoms with Gasteiger partial charge in [0.25, 0.3) is 0 Å². The number of nitrogens with one attached hydrogen (secondary N) is 1. The van der Waals surface area contributed by atoms with Crippen molar-refractivity contribution >= 4 is 29.0 Å². The molecular weight excluding hydrogens is 266 g/mol. The molecule has 0 aromatic carbocycles. The topological polar surface area (TPSA) is 29.3 Å². The van der Waals surface area contributed by atoms with E-state index in [-0.39, 0.29) is 0 Å². The van der Waals surface area contributed by atoms with Crippen LogP contribution in [0.25, 0.3) is 5.65 Å². The Kier molecular flexibility index (Phi) is 3.77. The number of hydrogen-bond donors (Lipinski definition) is 1. The maximum absolute atomic E-state index is 5.96. The number of hydrogen-bond acceptors (Lipinski definition) is 3. The lowest BCUT2D eigenvalue weighted by atomic mass is 10.1. The second-order valence-corrected chi connectivity index (χ2v) is 6.27. The third-order valence-corrected chi connectivity index (χ3v) is 4.53. The molecule has 96 valence electrons. The van der Waals surface area contributed by atoms with Crippen LogP contribution in [-0.4, -0.2) is 26.9 Å². The first-order valence-electron chi connectivity index (χ1n) is 6.25. The highest BCUT2D eigenvalue weighted by Gasteiger charge is 2.13. The van der Waals surface area contributed by atoms with E-state index < -0.39 is 0 Å². The van der Waals surface area contributed by atoms with Crippen LogP contribution in [-0.2, 0) is 6.54 Å². The van der Waals surface area contributed by atoms with E-state index in [2.05, 4.69) is 22.1 Å². The molecule has 3 heterocycles. The van der Waals surface area contributed by atoms with E-state index in [9.17, 15) is 0 Å². The molecule has 0 saturated carbocycles. The highest BCUT2D eigenvalue weighted by Crippen LogP contribution is 2.17. The summed E-state index contributed by atoms with van der Waals surface area (Å²) in [5, 5.41) is 4.33. The SMILES string of the molecule is Clc1ccc2nc(CNC3CCSCC3)cn2c1. The number of thioether (sulfide) groups is 1. The van der Waals surface area contributed by atoms with Gasteiger partial charge in [-0.15, -0.1) is 0 Å². The first kappa shape index (κ1) is 12.3. The summed E-state index contributed by atoms with van der Waals surface area (Å²) in [7, 11) is 0. The van der Waals surface area contributed by atoms with Gasteiger partial charge in [-0.1, -0.05) is 11.6 Å². The van der Waals surface area contributed by atoms with E-state index in [1.165, 1.54) is 24.3 Å². The molecular formula is C13H16ClN3S. The molecule has 1 aliphatic heterocycles. The lowest BCUT2D eigenvalue weighted by Gasteiger charge is -2.22. The number of aromatic nitrogens is 2. The van der Waals surface area contributed by atoms with E-state index in [1.807, 2.05) is 28.9 Å². The van der Waals surface area contributed by atoms with Crippen LogP contribution >= 0.6 is 23.4 Å². The summed E-state index contributed by atoms with van der Waals surface area (Å²) in [6.45, 7) is 0.842. The third-order valence-electron chi connectivity index (χ3n) is 3.26. The Bertz CT molecular complexity index is 534. The Balaban J connectivity index is 1.67. The molecule has 0 spiro atoms. The summed E-state index contributed by atoms with van der Waals surface area (Å²) in [5.74, 6) is 2.55. The molecule has 18 heavy (non-hydrogen) atoms. The second kappa shape index (κ2) is 5.51. The molecule has 2 aromatic heterocycles. The van der Waals surface area contributed by atoms with Crippen LogP contribution in [0.3, 0.4) is 0 Å². The van der Waals surface area contributed by atoms with Crippen molar-refractivity contribution in [3.63, 3.8) is 0 Å². The van der Waals surface area contributed by atoms with Crippen molar-refractivity contribution < 1.29 is 0 Å². The molecule has 3 nitrogen and oxygen atoms in total. The van der Waals surface area contributed by atoms with Crippen molar-refractivity contribution in [2.75, 3.05) is 11.5 Å². The quantitative estimate of drug-likeness (QED) is 0.938. The summed E-state index contributed by atoms with van der Waals surface area (Å²) >= 11 is 8.01. The average Bonchev–Trinajstić information content (AvgIpc) is 2.79. The number of nitrogens with zero attached hydrogens (tertiary/aromatic N) is 2. The normalized spacial score (nSPS) is 17.4. The molecule has 1 aliphatic rings. The average molecular weight is 282 g/mol. The predicted molar refractivity (Wildman–Crippen MR) is 77.4 cm³/mol. The van der Waals surface area contributed by atoms with Gasteiger partial charge in [0.2, 0.25) is 0 Å². The molecule has 1 fully saturated rings. The molecule has 1 N–H and O–H groups in total. The monoisotopic (exact) mass is 281 g/mol. The van der Waals surface area contributed by atoms with E-state index in [1.54, 1.807) is 0 Å². The zero-order valence-corrected chi connectivity index (χ0v) is 11.7. The van der Waals surface area contributed by atoms with Crippen LogP contribution in [0.2, 0.25) is 5.02 Å². The highest BCUT2D eigenvalue weighted by atomic mass is 35.5. The molecule has 3 rings (SSSR count). The van der Waals surface area contributed by atoms with Crippen molar-refractivity contribution in [3.05, 3.63) is 35.2 Å². The largest absolute Gasteiger partial charge is 0.308 e. The minimum absolute atomic E-state index is 0.652. The lowest BCUT2D eigenvalue weighted by molar-refractivity contribution is 0.479. The number of rotatable bonds is 3. The first-order chi connectivity index (χ1) is 8.81. The van der Waals surface area contributed by atoms with Gasteiger partial charge in [0, 0.05) is 25.0 Å². The maximum atomic E-state index is 5.96. The predicted octanol–water partition coefficient (Wildman–Crippen LogP) is 2.97. The van der Waals surface area contributed by atoms with E-state index >= 15 is 0 Å². The minimum Gasteiger partial charge on any atom is -0.308 e. The summed E-state index contributed by atoms with van der Waals surface area (Å²) in [4.78, 5) is 4.57. The molecule has 0 aliphatic carbocycles. The van der Waals surface area contributed by atoms with Crippen molar-refractivity contribution in [2.45, 2.75) is 25.4 Å². The van der Waals surface area contributed by atoms with Crippen LogP contribution in [0.5, 0.6) is 0 Å². The summed E-state index contributed by atoms with van der Waals surface area (Å²) in [5.41, 5.74) is 2.03. The van der Waals surface area contributed by atoms with Crippen LogP contribution in [0.15, 0.2) is 24.5 Å². The molecule has 0 unspecified atom stereocenters. The Hall–Kier alpha value is -0.710. The fourth-order valence-electron chi connectivity index (χ4n) is 2.25. The van der Waals surface area contributed by atoms with Gasteiger partial charge < -0.3 is 9.72 Å². The second-order valence-electron chi connectivity index (χ2n) is 4.61. The van der Waals surface area contributed by atoms with Crippen molar-refractivity contribution in [3.8, 4) is 0 Å². The standard InChI is InChI=1S/C13H16ClN3S/c14-10-1-2-13-16-12(9-17(13)8-10)7-15-11-3-5-18-6-4-11/h1-2,8-9,11,15H,3-7H2. The number of pyridine rings is 1.